The van der Waals surface area contributed by atoms with Crippen molar-refractivity contribution in [3.63, 3.8) is 0 Å². The van der Waals surface area contributed by atoms with Gasteiger partial charge in [-0.25, -0.2) is 9.97 Å². The van der Waals surface area contributed by atoms with Gasteiger partial charge in [0.25, 0.3) is 0 Å². The van der Waals surface area contributed by atoms with E-state index < -0.39 is 5.92 Å². The monoisotopic (exact) mass is 543 g/mol. The van der Waals surface area contributed by atoms with E-state index in [-0.39, 0.29) is 23.2 Å². The number of benzene rings is 1. The number of carbonyl (C=O) groups excluding carboxylic acids is 2. The van der Waals surface area contributed by atoms with E-state index in [0.29, 0.717) is 11.7 Å². The quantitative estimate of drug-likeness (QED) is 0.390. The van der Waals surface area contributed by atoms with Gasteiger partial charge in [-0.1, -0.05) is 37.3 Å². The molecule has 9 nitrogen and oxygen atoms in total. The maximum absolute atomic E-state index is 12.8. The first-order chi connectivity index (χ1) is 18.9. The summed E-state index contributed by atoms with van der Waals surface area (Å²) in [6.45, 7) is 8.58. The van der Waals surface area contributed by atoms with Crippen molar-refractivity contribution in [3.8, 4) is 17.2 Å². The minimum absolute atomic E-state index is 0.140. The van der Waals surface area contributed by atoms with Crippen LogP contribution in [0.25, 0.3) is 11.1 Å². The molecule has 0 spiro atoms. The van der Waals surface area contributed by atoms with Gasteiger partial charge in [0.1, 0.15) is 6.07 Å². The molecule has 0 saturated carbocycles. The highest BCUT2D eigenvalue weighted by atomic mass is 32.1. The molecule has 1 saturated heterocycles. The molecular weight excluding hydrogens is 510 g/mol. The van der Waals surface area contributed by atoms with Gasteiger partial charge in [0, 0.05) is 61.6 Å². The molecule has 0 radical (unpaired) electrons. The lowest BCUT2D eigenvalue weighted by atomic mass is 9.96. The van der Waals surface area contributed by atoms with Crippen molar-refractivity contribution in [2.75, 3.05) is 50.4 Å². The third kappa shape index (κ3) is 7.57. The Labute approximate surface area is 233 Å². The number of aryl methyl sites for hydroxylation is 1. The second kappa shape index (κ2) is 13.2. The summed E-state index contributed by atoms with van der Waals surface area (Å²) in [5, 5.41) is 15.9. The molecule has 3 heterocycles. The van der Waals surface area contributed by atoms with Crippen molar-refractivity contribution < 1.29 is 9.59 Å². The molecule has 202 valence electrons. The van der Waals surface area contributed by atoms with Gasteiger partial charge in [0.15, 0.2) is 10.9 Å². The Morgan fingerprint density at radius 3 is 2.64 bits per heavy atom. The number of hydrogen-bond acceptors (Lipinski definition) is 8. The minimum atomic E-state index is -0.404. The summed E-state index contributed by atoms with van der Waals surface area (Å²) >= 11 is 1.47. The van der Waals surface area contributed by atoms with E-state index in [2.05, 4.69) is 43.5 Å². The van der Waals surface area contributed by atoms with Gasteiger partial charge in [-0.3, -0.25) is 14.5 Å². The van der Waals surface area contributed by atoms with E-state index in [1.54, 1.807) is 18.5 Å². The Morgan fingerprint density at radius 2 is 1.92 bits per heavy atom. The van der Waals surface area contributed by atoms with Crippen LogP contribution in [0.3, 0.4) is 0 Å². The number of rotatable bonds is 9. The van der Waals surface area contributed by atoms with E-state index in [1.807, 2.05) is 44.2 Å². The first-order valence-corrected chi connectivity index (χ1v) is 13.8. The van der Waals surface area contributed by atoms with Crippen molar-refractivity contribution in [1.29, 1.82) is 5.26 Å². The maximum atomic E-state index is 12.8. The van der Waals surface area contributed by atoms with Crippen LogP contribution < -0.4 is 10.6 Å². The number of nitrogens with one attached hydrogen (secondary N) is 2. The molecule has 3 aromatic rings. The van der Waals surface area contributed by atoms with Gasteiger partial charge in [-0.2, -0.15) is 5.26 Å². The molecule has 1 fully saturated rings. The Morgan fingerprint density at radius 1 is 1.13 bits per heavy atom. The fourth-order valence-electron chi connectivity index (χ4n) is 4.19. The number of nitrogens with zero attached hydrogens (tertiary/aromatic N) is 5. The molecule has 2 amide bonds. The molecule has 0 bridgehead atoms. The molecular formula is C29H33N7O2S. The highest BCUT2D eigenvalue weighted by Gasteiger charge is 2.18. The third-order valence-electron chi connectivity index (χ3n) is 6.72. The summed E-state index contributed by atoms with van der Waals surface area (Å²) in [6.07, 6.45) is 7.60. The van der Waals surface area contributed by atoms with Crippen LogP contribution in [-0.2, 0) is 16.0 Å². The Kier molecular flexibility index (Phi) is 9.54. The number of aromatic nitrogens is 2. The van der Waals surface area contributed by atoms with Crippen LogP contribution in [0.5, 0.6) is 0 Å². The fraction of sp³-hybridized carbons (Fsp3) is 0.345. The molecule has 1 aromatic carbocycles. The molecule has 10 heteroatoms. The number of likely N-dealkylation sites (N-methyl/N-ethyl adjacent to an activating group) is 1. The van der Waals surface area contributed by atoms with Crippen molar-refractivity contribution in [1.82, 2.24) is 19.8 Å². The highest BCUT2D eigenvalue weighted by Crippen LogP contribution is 2.27. The predicted molar refractivity (Wildman–Crippen MR) is 155 cm³/mol. The fourth-order valence-corrected chi connectivity index (χ4v) is 4.94. The molecule has 39 heavy (non-hydrogen) atoms. The van der Waals surface area contributed by atoms with E-state index in [0.717, 1.165) is 54.2 Å². The van der Waals surface area contributed by atoms with Crippen LogP contribution in [0.4, 0.5) is 10.9 Å². The molecule has 4 rings (SSSR count). The minimum Gasteiger partial charge on any atom is -0.306 e. The van der Waals surface area contributed by atoms with Crippen molar-refractivity contribution in [2.24, 2.45) is 0 Å². The van der Waals surface area contributed by atoms with Crippen molar-refractivity contribution >= 4 is 34.1 Å². The van der Waals surface area contributed by atoms with Crippen LogP contribution in [0.1, 0.15) is 35.8 Å². The average Bonchev–Trinajstić information content (AvgIpc) is 3.41. The van der Waals surface area contributed by atoms with Gasteiger partial charge in [-0.05, 0) is 37.6 Å². The van der Waals surface area contributed by atoms with Crippen molar-refractivity contribution in [3.05, 3.63) is 70.9 Å². The zero-order valence-electron chi connectivity index (χ0n) is 22.5. The smallest absolute Gasteiger partial charge is 0.249 e. The summed E-state index contributed by atoms with van der Waals surface area (Å²) in [4.78, 5) is 39.6. The third-order valence-corrected chi connectivity index (χ3v) is 7.78. The molecule has 1 aliphatic rings. The molecule has 1 atom stereocenters. The number of piperazine rings is 1. The van der Waals surface area contributed by atoms with Crippen LogP contribution >= 0.6 is 11.3 Å². The number of anilines is 2. The second-order valence-electron chi connectivity index (χ2n) is 9.55. The Balaban J connectivity index is 1.40. The summed E-state index contributed by atoms with van der Waals surface area (Å²) in [5.41, 5.74) is 2.64. The summed E-state index contributed by atoms with van der Waals surface area (Å²) in [7, 11) is 2.11. The van der Waals surface area contributed by atoms with Crippen LogP contribution in [0.15, 0.2) is 54.9 Å². The second-order valence-corrected chi connectivity index (χ2v) is 10.7. The SMILES string of the molecule is CCc1cnc(NC(=O)C(C)c2cccc(-c3cnc(NC(=O)/C=C/CN4CCN(C)CC4)c(C#N)c3)c2)s1. The number of thiazole rings is 1. The lowest BCUT2D eigenvalue weighted by Gasteiger charge is -2.31. The molecule has 1 unspecified atom stereocenters. The number of nitriles is 1. The van der Waals surface area contributed by atoms with Crippen LogP contribution in [-0.4, -0.2) is 71.4 Å². The van der Waals surface area contributed by atoms with E-state index in [4.69, 9.17) is 0 Å². The van der Waals surface area contributed by atoms with E-state index in [9.17, 15) is 14.9 Å². The summed E-state index contributed by atoms with van der Waals surface area (Å²) < 4.78 is 0. The van der Waals surface area contributed by atoms with Crippen molar-refractivity contribution in [2.45, 2.75) is 26.2 Å². The van der Waals surface area contributed by atoms with E-state index >= 15 is 0 Å². The topological polar surface area (TPSA) is 114 Å². The lowest BCUT2D eigenvalue weighted by molar-refractivity contribution is -0.117. The van der Waals surface area contributed by atoms with Gasteiger partial charge in [-0.15, -0.1) is 11.3 Å². The highest BCUT2D eigenvalue weighted by molar-refractivity contribution is 7.15. The van der Waals surface area contributed by atoms with Crippen LogP contribution in [0, 0.1) is 11.3 Å². The number of hydrogen-bond donors (Lipinski definition) is 2. The average molecular weight is 544 g/mol. The number of amides is 2. The van der Waals surface area contributed by atoms with Gasteiger partial charge >= 0.3 is 0 Å². The Bertz CT molecular complexity index is 1390. The maximum Gasteiger partial charge on any atom is 0.249 e. The number of carbonyl (C=O) groups is 2. The first-order valence-electron chi connectivity index (χ1n) is 13.0. The van der Waals surface area contributed by atoms with E-state index in [1.165, 1.54) is 17.4 Å². The molecule has 1 aliphatic heterocycles. The zero-order valence-corrected chi connectivity index (χ0v) is 23.3. The Hall–Kier alpha value is -3.91. The largest absolute Gasteiger partial charge is 0.306 e. The predicted octanol–water partition coefficient (Wildman–Crippen LogP) is 4.12. The molecule has 0 aliphatic carbocycles. The standard InChI is InChI=1S/C29H33N7O2S/c1-4-25-19-32-29(39-25)34-28(38)20(2)21-7-5-8-22(15-21)24-16-23(17-30)27(31-18-24)33-26(37)9-6-10-36-13-11-35(3)12-14-36/h5-9,15-16,18-20H,4,10-14H2,1-3H3,(H,31,33,37)(H,32,34,38)/b9-6+. The first kappa shape index (κ1) is 28.1. The molecule has 2 N–H and O–H groups in total. The lowest BCUT2D eigenvalue weighted by Crippen LogP contribution is -2.44. The van der Waals surface area contributed by atoms with Gasteiger partial charge in [0.2, 0.25) is 11.8 Å². The van der Waals surface area contributed by atoms with Gasteiger partial charge < -0.3 is 15.5 Å². The zero-order chi connectivity index (χ0) is 27.8. The summed E-state index contributed by atoms with van der Waals surface area (Å²) in [5.74, 6) is -0.652. The molecule has 2 aromatic heterocycles. The van der Waals surface area contributed by atoms with Gasteiger partial charge in [0.05, 0.1) is 11.5 Å². The summed E-state index contributed by atoms with van der Waals surface area (Å²) in [6, 6.07) is 11.4. The number of pyridine rings is 1. The normalized spacial score (nSPS) is 15.1. The van der Waals surface area contributed by atoms with Crippen LogP contribution in [0.2, 0.25) is 0 Å².